The van der Waals surface area contributed by atoms with Crippen molar-refractivity contribution in [3.05, 3.63) is 34.2 Å². The first kappa shape index (κ1) is 14.0. The molecule has 0 amide bonds. The number of hydrogen-bond donors (Lipinski definition) is 1. The highest BCUT2D eigenvalue weighted by Crippen LogP contribution is 2.28. The highest BCUT2D eigenvalue weighted by molar-refractivity contribution is 7.11. The molecule has 1 aromatic heterocycles. The Hall–Kier alpha value is -2.39. The largest absolute Gasteiger partial charge is 0.490 e. The Morgan fingerprint density at radius 3 is 2.80 bits per heavy atom. The fourth-order valence-corrected chi connectivity index (χ4v) is 2.30. The lowest BCUT2D eigenvalue weighted by Gasteiger charge is -2.11. The maximum Gasteiger partial charge on any atom is 0.365 e. The van der Waals surface area contributed by atoms with Crippen molar-refractivity contribution in [2.75, 3.05) is 0 Å². The molecule has 0 saturated heterocycles. The van der Waals surface area contributed by atoms with Gasteiger partial charge < -0.3 is 9.84 Å². The summed E-state index contributed by atoms with van der Waals surface area (Å²) in [6.45, 7) is 3.77. The third-order valence-corrected chi connectivity index (χ3v) is 3.28. The molecule has 102 valence electrons. The fraction of sp³-hybridized carbons (Fsp3) is 0.214. The van der Waals surface area contributed by atoms with Gasteiger partial charge in [-0.2, -0.15) is 5.26 Å². The molecule has 1 N–H and O–H groups in total. The van der Waals surface area contributed by atoms with Crippen LogP contribution < -0.4 is 4.74 Å². The van der Waals surface area contributed by atoms with Crippen molar-refractivity contribution in [2.24, 2.45) is 0 Å². The first-order chi connectivity index (χ1) is 9.51. The van der Waals surface area contributed by atoms with Crippen LogP contribution in [0.25, 0.3) is 11.3 Å². The van der Waals surface area contributed by atoms with Crippen LogP contribution in [-0.2, 0) is 0 Å². The molecule has 0 saturated carbocycles. The van der Waals surface area contributed by atoms with Crippen molar-refractivity contribution in [3.8, 4) is 23.1 Å². The Morgan fingerprint density at radius 1 is 1.50 bits per heavy atom. The molecule has 2 aromatic rings. The quantitative estimate of drug-likeness (QED) is 0.934. The van der Waals surface area contributed by atoms with E-state index in [1.165, 1.54) is 0 Å². The molecule has 0 fully saturated rings. The predicted molar refractivity (Wildman–Crippen MR) is 75.0 cm³/mol. The summed E-state index contributed by atoms with van der Waals surface area (Å²) in [5, 5.41) is 19.7. The van der Waals surface area contributed by atoms with Crippen molar-refractivity contribution >= 4 is 17.3 Å². The van der Waals surface area contributed by atoms with Gasteiger partial charge in [-0.25, -0.2) is 9.78 Å². The molecule has 0 bridgehead atoms. The number of nitrogens with zero attached hydrogens (tertiary/aromatic N) is 2. The van der Waals surface area contributed by atoms with Gasteiger partial charge in [-0.15, -0.1) is 11.3 Å². The minimum atomic E-state index is -1.05. The summed E-state index contributed by atoms with van der Waals surface area (Å²) < 4.78 is 5.54. The van der Waals surface area contributed by atoms with E-state index in [0.717, 1.165) is 11.3 Å². The Morgan fingerprint density at radius 2 is 2.25 bits per heavy atom. The molecule has 1 aromatic carbocycles. The Labute approximate surface area is 120 Å². The number of thiazole rings is 1. The van der Waals surface area contributed by atoms with Gasteiger partial charge in [-0.05, 0) is 32.0 Å². The van der Waals surface area contributed by atoms with Crippen molar-refractivity contribution in [3.63, 3.8) is 0 Å². The van der Waals surface area contributed by atoms with E-state index in [0.29, 0.717) is 22.6 Å². The summed E-state index contributed by atoms with van der Waals surface area (Å²) >= 11 is 1.06. The molecule has 0 radical (unpaired) electrons. The first-order valence-corrected chi connectivity index (χ1v) is 6.79. The van der Waals surface area contributed by atoms with Crippen LogP contribution in [0.2, 0.25) is 0 Å². The number of rotatable bonds is 4. The van der Waals surface area contributed by atoms with E-state index in [4.69, 9.17) is 15.1 Å². The minimum absolute atomic E-state index is 0.0224. The number of aromatic carboxylic acids is 1. The molecule has 0 atom stereocenters. The van der Waals surface area contributed by atoms with Crippen LogP contribution in [0.15, 0.2) is 23.6 Å². The molecule has 0 spiro atoms. The van der Waals surface area contributed by atoms with Crippen LogP contribution in [0.4, 0.5) is 0 Å². The standard InChI is InChI=1S/C14H12N2O3S/c1-8(2)19-12-4-3-9(5-10(12)6-15)11-7-20-13(16-11)14(17)18/h3-5,7-8H,1-2H3,(H,17,18). The monoisotopic (exact) mass is 288 g/mol. The van der Waals surface area contributed by atoms with Gasteiger partial charge in [0.05, 0.1) is 17.4 Å². The van der Waals surface area contributed by atoms with Gasteiger partial charge >= 0.3 is 5.97 Å². The smallest absolute Gasteiger partial charge is 0.365 e. The zero-order valence-electron chi connectivity index (χ0n) is 11.0. The van der Waals surface area contributed by atoms with E-state index in [2.05, 4.69) is 11.1 Å². The predicted octanol–water partition coefficient (Wildman–Crippen LogP) is 3.17. The summed E-state index contributed by atoms with van der Waals surface area (Å²) in [6.07, 6.45) is -0.0224. The molecule has 0 aliphatic heterocycles. The van der Waals surface area contributed by atoms with E-state index < -0.39 is 5.97 Å². The van der Waals surface area contributed by atoms with E-state index >= 15 is 0 Å². The normalized spacial score (nSPS) is 10.3. The summed E-state index contributed by atoms with van der Waals surface area (Å²) in [4.78, 5) is 14.8. The van der Waals surface area contributed by atoms with Crippen LogP contribution in [0, 0.1) is 11.3 Å². The molecule has 20 heavy (non-hydrogen) atoms. The average Bonchev–Trinajstić information content (AvgIpc) is 2.88. The SMILES string of the molecule is CC(C)Oc1ccc(-c2csc(C(=O)O)n2)cc1C#N. The Balaban J connectivity index is 2.38. The van der Waals surface area contributed by atoms with Gasteiger partial charge in [0.1, 0.15) is 11.8 Å². The minimum Gasteiger partial charge on any atom is -0.490 e. The van der Waals surface area contributed by atoms with Crippen LogP contribution >= 0.6 is 11.3 Å². The number of carboxylic acid groups (broad SMARTS) is 1. The van der Waals surface area contributed by atoms with Crippen LogP contribution in [0.1, 0.15) is 29.2 Å². The van der Waals surface area contributed by atoms with Crippen molar-refractivity contribution < 1.29 is 14.6 Å². The number of ether oxygens (including phenoxy) is 1. The Bertz CT molecular complexity index is 686. The second kappa shape index (κ2) is 5.72. The number of carbonyl (C=O) groups is 1. The van der Waals surface area contributed by atoms with Gasteiger partial charge in [0.15, 0.2) is 0 Å². The molecule has 0 aliphatic carbocycles. The summed E-state index contributed by atoms with van der Waals surface area (Å²) in [5.41, 5.74) is 1.64. The molecule has 5 nitrogen and oxygen atoms in total. The van der Waals surface area contributed by atoms with Crippen molar-refractivity contribution in [1.29, 1.82) is 5.26 Å². The lowest BCUT2D eigenvalue weighted by atomic mass is 10.1. The second-order valence-corrected chi connectivity index (χ2v) is 5.19. The van der Waals surface area contributed by atoms with Gasteiger partial charge in [0.2, 0.25) is 5.01 Å². The molecule has 6 heteroatoms. The zero-order valence-corrected chi connectivity index (χ0v) is 11.8. The fourth-order valence-electron chi connectivity index (χ4n) is 1.64. The van der Waals surface area contributed by atoms with Crippen LogP contribution in [0.3, 0.4) is 0 Å². The summed E-state index contributed by atoms with van der Waals surface area (Å²) in [7, 11) is 0. The van der Waals surface area contributed by atoms with Crippen molar-refractivity contribution in [2.45, 2.75) is 20.0 Å². The summed E-state index contributed by atoms with van der Waals surface area (Å²) in [5.74, 6) is -0.540. The van der Waals surface area contributed by atoms with E-state index in [1.54, 1.807) is 23.6 Å². The van der Waals surface area contributed by atoms with Gasteiger partial charge in [0.25, 0.3) is 0 Å². The first-order valence-electron chi connectivity index (χ1n) is 5.91. The summed E-state index contributed by atoms with van der Waals surface area (Å²) in [6, 6.07) is 7.19. The molecular weight excluding hydrogens is 276 g/mol. The third-order valence-electron chi connectivity index (χ3n) is 2.45. The third kappa shape index (κ3) is 2.95. The lowest BCUT2D eigenvalue weighted by molar-refractivity contribution is 0.0696. The lowest BCUT2D eigenvalue weighted by Crippen LogP contribution is -2.06. The van der Waals surface area contributed by atoms with E-state index in [1.807, 2.05) is 13.8 Å². The average molecular weight is 288 g/mol. The number of hydrogen-bond acceptors (Lipinski definition) is 5. The number of aromatic nitrogens is 1. The number of carboxylic acids is 1. The topological polar surface area (TPSA) is 83.2 Å². The maximum atomic E-state index is 10.8. The van der Waals surface area contributed by atoms with Gasteiger partial charge in [0, 0.05) is 10.9 Å². The molecular formula is C14H12N2O3S. The van der Waals surface area contributed by atoms with Gasteiger partial charge in [-0.3, -0.25) is 0 Å². The molecule has 2 rings (SSSR count). The van der Waals surface area contributed by atoms with E-state index in [-0.39, 0.29) is 11.1 Å². The molecule has 0 unspecified atom stereocenters. The van der Waals surface area contributed by atoms with Crippen LogP contribution in [-0.4, -0.2) is 22.2 Å². The number of nitriles is 1. The highest BCUT2D eigenvalue weighted by Gasteiger charge is 2.12. The van der Waals surface area contributed by atoms with Gasteiger partial charge in [-0.1, -0.05) is 0 Å². The molecule has 0 aliphatic rings. The second-order valence-electron chi connectivity index (χ2n) is 4.33. The maximum absolute atomic E-state index is 10.8. The molecule has 1 heterocycles. The van der Waals surface area contributed by atoms with E-state index in [9.17, 15) is 4.79 Å². The van der Waals surface area contributed by atoms with Crippen LogP contribution in [0.5, 0.6) is 5.75 Å². The van der Waals surface area contributed by atoms with Crippen molar-refractivity contribution in [1.82, 2.24) is 4.98 Å². The Kier molecular flexibility index (Phi) is 4.01. The highest BCUT2D eigenvalue weighted by atomic mass is 32.1. The number of benzene rings is 1. The zero-order chi connectivity index (χ0) is 14.7.